The van der Waals surface area contributed by atoms with Crippen molar-refractivity contribution in [2.24, 2.45) is 0 Å². The minimum atomic E-state index is -0.235. The molecule has 3 heterocycles. The molecular weight excluding hydrogens is 400 g/mol. The predicted octanol–water partition coefficient (Wildman–Crippen LogP) is 4.56. The number of carbonyl (C=O) groups is 1. The maximum Gasteiger partial charge on any atom is 0.261 e. The van der Waals surface area contributed by atoms with E-state index in [0.717, 1.165) is 49.5 Å². The van der Waals surface area contributed by atoms with E-state index in [1.54, 1.807) is 6.07 Å². The number of para-hydroxylation sites is 1. The van der Waals surface area contributed by atoms with Gasteiger partial charge in [-0.15, -0.1) is 11.3 Å². The maximum absolute atomic E-state index is 12.9. The highest BCUT2D eigenvalue weighted by Gasteiger charge is 2.19. The molecule has 2 aromatic carbocycles. The Balaban J connectivity index is 1.28. The number of hydrogen-bond donors (Lipinski definition) is 1. The lowest BCUT2D eigenvalue weighted by atomic mass is 10.1. The van der Waals surface area contributed by atoms with Gasteiger partial charge in [-0.3, -0.25) is 10.1 Å². The number of anilines is 1. The zero-order valence-electron chi connectivity index (χ0n) is 16.4. The quantitative estimate of drug-likeness (QED) is 0.631. The highest BCUT2D eigenvalue weighted by molar-refractivity contribution is 7.14. The lowest BCUT2D eigenvalue weighted by molar-refractivity contribution is 0.0673. The first-order valence-corrected chi connectivity index (χ1v) is 11.0. The number of nitrogens with zero attached hydrogens (tertiary/aromatic N) is 1. The van der Waals surface area contributed by atoms with Crippen LogP contribution in [0.1, 0.15) is 28.8 Å². The number of carbonyl (C=O) groups excluding carboxylic acids is 1. The fourth-order valence-corrected chi connectivity index (χ4v) is 4.43. The van der Waals surface area contributed by atoms with Crippen molar-refractivity contribution in [2.45, 2.75) is 25.4 Å². The molecule has 0 radical (unpaired) electrons. The van der Waals surface area contributed by atoms with Gasteiger partial charge in [0.1, 0.15) is 18.1 Å². The molecule has 2 aliphatic rings. The Morgan fingerprint density at radius 3 is 3.07 bits per heavy atom. The highest BCUT2D eigenvalue weighted by atomic mass is 32.1. The molecule has 0 saturated carbocycles. The smallest absolute Gasteiger partial charge is 0.261 e. The molecule has 1 fully saturated rings. The number of rotatable bonds is 6. The van der Waals surface area contributed by atoms with Gasteiger partial charge in [-0.25, -0.2) is 4.98 Å². The lowest BCUT2D eigenvalue weighted by Gasteiger charge is -2.14. The van der Waals surface area contributed by atoms with Crippen LogP contribution in [0.25, 0.3) is 11.3 Å². The summed E-state index contributed by atoms with van der Waals surface area (Å²) in [4.78, 5) is 17.5. The second-order valence-corrected chi connectivity index (χ2v) is 8.21. The summed E-state index contributed by atoms with van der Waals surface area (Å²) >= 11 is 1.41. The van der Waals surface area contributed by atoms with Crippen molar-refractivity contribution in [2.75, 3.05) is 25.1 Å². The van der Waals surface area contributed by atoms with E-state index in [0.29, 0.717) is 23.1 Å². The molecule has 2 aliphatic heterocycles. The normalized spacial score (nSPS) is 17.4. The number of thiazole rings is 1. The summed E-state index contributed by atoms with van der Waals surface area (Å²) in [6.45, 7) is 1.96. The second-order valence-electron chi connectivity index (χ2n) is 7.36. The number of fused-ring (bicyclic) bond motifs is 1. The molecule has 1 atom stereocenters. The first-order chi connectivity index (χ1) is 14.8. The molecule has 0 aliphatic carbocycles. The van der Waals surface area contributed by atoms with E-state index >= 15 is 0 Å². The molecule has 1 saturated heterocycles. The molecule has 0 bridgehead atoms. The van der Waals surface area contributed by atoms with Gasteiger partial charge in [0.05, 0.1) is 24.0 Å². The van der Waals surface area contributed by atoms with Crippen LogP contribution in [0.4, 0.5) is 5.13 Å². The molecule has 3 aromatic rings. The monoisotopic (exact) mass is 422 g/mol. The van der Waals surface area contributed by atoms with Crippen LogP contribution < -0.4 is 14.8 Å². The number of amides is 1. The first-order valence-electron chi connectivity index (χ1n) is 10.1. The molecule has 0 unspecified atom stereocenters. The summed E-state index contributed by atoms with van der Waals surface area (Å²) in [5, 5.41) is 5.41. The van der Waals surface area contributed by atoms with Gasteiger partial charge in [-0.1, -0.05) is 12.1 Å². The molecule has 1 amide bonds. The number of ether oxygens (including phenoxy) is 3. The van der Waals surface area contributed by atoms with Crippen LogP contribution in [0.15, 0.2) is 47.8 Å². The van der Waals surface area contributed by atoms with Crippen LogP contribution in [0.3, 0.4) is 0 Å². The highest BCUT2D eigenvalue weighted by Crippen LogP contribution is 2.32. The summed E-state index contributed by atoms with van der Waals surface area (Å²) in [5.41, 5.74) is 3.55. The van der Waals surface area contributed by atoms with E-state index in [1.165, 1.54) is 16.9 Å². The minimum absolute atomic E-state index is 0.0976. The van der Waals surface area contributed by atoms with Crippen molar-refractivity contribution in [3.8, 4) is 22.8 Å². The Bertz CT molecular complexity index is 1060. The van der Waals surface area contributed by atoms with Gasteiger partial charge in [0, 0.05) is 24.0 Å². The van der Waals surface area contributed by atoms with Crippen LogP contribution in [-0.2, 0) is 11.2 Å². The number of benzene rings is 2. The van der Waals surface area contributed by atoms with E-state index < -0.39 is 0 Å². The zero-order valence-corrected chi connectivity index (χ0v) is 17.2. The Hall–Kier alpha value is -2.90. The van der Waals surface area contributed by atoms with Gasteiger partial charge in [0.2, 0.25) is 0 Å². The first kappa shape index (κ1) is 19.1. The summed E-state index contributed by atoms with van der Waals surface area (Å²) in [6, 6.07) is 13.3. The maximum atomic E-state index is 12.9. The average Bonchev–Trinajstić information content (AvgIpc) is 3.53. The van der Waals surface area contributed by atoms with Gasteiger partial charge >= 0.3 is 0 Å². The Kier molecular flexibility index (Phi) is 5.38. The van der Waals surface area contributed by atoms with E-state index in [9.17, 15) is 4.79 Å². The van der Waals surface area contributed by atoms with E-state index in [4.69, 9.17) is 14.2 Å². The SMILES string of the molecule is O=C(Nc1nc(-c2ccc3c(c2)CCO3)cs1)c1ccccc1OC[C@@H]1CCCO1. The van der Waals surface area contributed by atoms with Crippen LogP contribution in [-0.4, -0.2) is 36.8 Å². The predicted molar refractivity (Wildman–Crippen MR) is 116 cm³/mol. The van der Waals surface area contributed by atoms with Crippen molar-refractivity contribution in [3.05, 3.63) is 59.0 Å². The van der Waals surface area contributed by atoms with Gasteiger partial charge in [-0.2, -0.15) is 0 Å². The largest absolute Gasteiger partial charge is 0.493 e. The molecule has 1 N–H and O–H groups in total. The van der Waals surface area contributed by atoms with Crippen LogP contribution >= 0.6 is 11.3 Å². The summed E-state index contributed by atoms with van der Waals surface area (Å²) in [5.74, 6) is 1.27. The molecule has 0 spiro atoms. The summed E-state index contributed by atoms with van der Waals surface area (Å²) in [6.07, 6.45) is 3.06. The van der Waals surface area contributed by atoms with Gasteiger partial charge in [0.25, 0.3) is 5.91 Å². The molecule has 7 heteroatoms. The van der Waals surface area contributed by atoms with E-state index in [-0.39, 0.29) is 12.0 Å². The van der Waals surface area contributed by atoms with E-state index in [1.807, 2.05) is 35.7 Å². The molecule has 30 heavy (non-hydrogen) atoms. The number of nitrogens with one attached hydrogen (secondary N) is 1. The van der Waals surface area contributed by atoms with Crippen molar-refractivity contribution in [1.29, 1.82) is 0 Å². The standard InChI is InChI=1S/C23H22N2O4S/c26-22(18-5-1-2-6-21(18)29-13-17-4-3-10-27-17)25-23-24-19(14-30-23)15-7-8-20-16(12-15)9-11-28-20/h1-2,5-8,12,14,17H,3-4,9-11,13H2,(H,24,25,26)/t17-/m0/s1. The Labute approximate surface area is 178 Å². The third-order valence-corrected chi connectivity index (χ3v) is 6.05. The molecule has 154 valence electrons. The fourth-order valence-electron chi connectivity index (χ4n) is 3.71. The van der Waals surface area contributed by atoms with Crippen LogP contribution in [0.2, 0.25) is 0 Å². The Morgan fingerprint density at radius 2 is 2.17 bits per heavy atom. The number of aromatic nitrogens is 1. The van der Waals surface area contributed by atoms with Gasteiger partial charge in [0.15, 0.2) is 5.13 Å². The third-order valence-electron chi connectivity index (χ3n) is 5.29. The second kappa shape index (κ2) is 8.45. The topological polar surface area (TPSA) is 69.7 Å². The van der Waals surface area contributed by atoms with Crippen molar-refractivity contribution in [3.63, 3.8) is 0 Å². The molecule has 1 aromatic heterocycles. The van der Waals surface area contributed by atoms with Crippen LogP contribution in [0.5, 0.6) is 11.5 Å². The average molecular weight is 423 g/mol. The molecular formula is C23H22N2O4S. The van der Waals surface area contributed by atoms with Crippen molar-refractivity contribution >= 4 is 22.4 Å². The third kappa shape index (κ3) is 4.04. The van der Waals surface area contributed by atoms with Crippen molar-refractivity contribution in [1.82, 2.24) is 4.98 Å². The zero-order chi connectivity index (χ0) is 20.3. The lowest BCUT2D eigenvalue weighted by Crippen LogP contribution is -2.19. The van der Waals surface area contributed by atoms with Crippen molar-refractivity contribution < 1.29 is 19.0 Å². The summed E-state index contributed by atoms with van der Waals surface area (Å²) < 4.78 is 17.0. The fraction of sp³-hybridized carbons (Fsp3) is 0.304. The number of hydrogen-bond acceptors (Lipinski definition) is 6. The van der Waals surface area contributed by atoms with Gasteiger partial charge in [-0.05, 0) is 48.7 Å². The minimum Gasteiger partial charge on any atom is -0.493 e. The summed E-state index contributed by atoms with van der Waals surface area (Å²) in [7, 11) is 0. The molecule has 5 rings (SSSR count). The van der Waals surface area contributed by atoms with Crippen LogP contribution in [0, 0.1) is 0 Å². The van der Waals surface area contributed by atoms with Gasteiger partial charge < -0.3 is 14.2 Å². The molecule has 6 nitrogen and oxygen atoms in total. The Morgan fingerprint density at radius 1 is 1.23 bits per heavy atom. The van der Waals surface area contributed by atoms with E-state index in [2.05, 4.69) is 16.4 Å².